The van der Waals surface area contributed by atoms with Crippen LogP contribution >= 0.6 is 0 Å². The minimum absolute atomic E-state index is 0.143. The first-order valence-electron chi connectivity index (χ1n) is 6.89. The lowest BCUT2D eigenvalue weighted by Gasteiger charge is -2.38. The molecule has 1 saturated heterocycles. The van der Waals surface area contributed by atoms with Crippen molar-refractivity contribution in [1.82, 2.24) is 4.90 Å². The van der Waals surface area contributed by atoms with E-state index in [-0.39, 0.29) is 11.9 Å². The molecule has 0 radical (unpaired) electrons. The summed E-state index contributed by atoms with van der Waals surface area (Å²) in [6.07, 6.45) is 1.35. The van der Waals surface area contributed by atoms with Gasteiger partial charge < -0.3 is 10.5 Å². The van der Waals surface area contributed by atoms with Crippen molar-refractivity contribution in [3.63, 3.8) is 0 Å². The fourth-order valence-corrected chi connectivity index (χ4v) is 2.62. The van der Waals surface area contributed by atoms with Crippen molar-refractivity contribution in [3.05, 3.63) is 35.4 Å². The van der Waals surface area contributed by atoms with Gasteiger partial charge in [-0.05, 0) is 18.9 Å². The zero-order valence-electron chi connectivity index (χ0n) is 11.7. The molecular formula is C15H23N3O. The quantitative estimate of drug-likeness (QED) is 0.643. The zero-order valence-corrected chi connectivity index (χ0v) is 11.7. The number of benzene rings is 1. The number of morpholine rings is 1. The Labute approximate surface area is 115 Å². The van der Waals surface area contributed by atoms with Crippen molar-refractivity contribution in [2.24, 2.45) is 5.73 Å². The topological polar surface area (TPSA) is 62.3 Å². The second-order valence-corrected chi connectivity index (χ2v) is 5.21. The Hall–Kier alpha value is -1.39. The van der Waals surface area contributed by atoms with Crippen LogP contribution in [-0.2, 0) is 11.3 Å². The van der Waals surface area contributed by atoms with Crippen molar-refractivity contribution in [2.75, 3.05) is 13.2 Å². The smallest absolute Gasteiger partial charge is 0.123 e. The molecule has 1 fully saturated rings. The Bertz CT molecular complexity index is 447. The standard InChI is InChI=1S/C15H23N3O/c1-3-13-10-19-11(2)8-18(13)9-12-6-4-5-7-14(12)15(16)17/h4-7,11,13H,3,8-10H2,1-2H3,(H3,16,17). The molecule has 0 amide bonds. The second-order valence-electron chi connectivity index (χ2n) is 5.21. The summed E-state index contributed by atoms with van der Waals surface area (Å²) in [5.74, 6) is 0.143. The minimum Gasteiger partial charge on any atom is -0.384 e. The van der Waals surface area contributed by atoms with Gasteiger partial charge in [-0.15, -0.1) is 0 Å². The number of amidine groups is 1. The number of nitrogens with two attached hydrogens (primary N) is 1. The van der Waals surface area contributed by atoms with Gasteiger partial charge in [-0.1, -0.05) is 31.2 Å². The van der Waals surface area contributed by atoms with E-state index in [1.54, 1.807) is 0 Å². The van der Waals surface area contributed by atoms with E-state index in [2.05, 4.69) is 24.8 Å². The zero-order chi connectivity index (χ0) is 13.8. The molecule has 0 spiro atoms. The van der Waals surface area contributed by atoms with Crippen molar-refractivity contribution in [3.8, 4) is 0 Å². The highest BCUT2D eigenvalue weighted by atomic mass is 16.5. The van der Waals surface area contributed by atoms with Crippen LogP contribution in [-0.4, -0.2) is 36.0 Å². The molecule has 1 aromatic rings. The monoisotopic (exact) mass is 261 g/mol. The number of nitrogens with one attached hydrogen (secondary N) is 1. The highest BCUT2D eigenvalue weighted by Gasteiger charge is 2.26. The lowest BCUT2D eigenvalue weighted by molar-refractivity contribution is -0.0592. The van der Waals surface area contributed by atoms with Gasteiger partial charge in [0.15, 0.2) is 0 Å². The molecule has 2 unspecified atom stereocenters. The molecule has 4 nitrogen and oxygen atoms in total. The summed E-state index contributed by atoms with van der Waals surface area (Å²) in [6.45, 7) is 6.86. The molecule has 1 aromatic carbocycles. The molecule has 0 bridgehead atoms. The molecule has 0 aliphatic carbocycles. The van der Waals surface area contributed by atoms with Crippen LogP contribution in [0.3, 0.4) is 0 Å². The lowest BCUT2D eigenvalue weighted by atomic mass is 10.0. The first-order chi connectivity index (χ1) is 9.11. The number of rotatable bonds is 4. The number of nitrogens with zero attached hydrogens (tertiary/aromatic N) is 1. The third-order valence-electron chi connectivity index (χ3n) is 3.73. The Morgan fingerprint density at radius 3 is 2.89 bits per heavy atom. The van der Waals surface area contributed by atoms with E-state index in [1.165, 1.54) is 0 Å². The summed E-state index contributed by atoms with van der Waals surface area (Å²) in [5.41, 5.74) is 7.63. The van der Waals surface area contributed by atoms with Gasteiger partial charge in [-0.25, -0.2) is 0 Å². The maximum absolute atomic E-state index is 7.66. The normalized spacial score (nSPS) is 24.3. The first kappa shape index (κ1) is 14.0. The second kappa shape index (κ2) is 6.17. The molecule has 0 aromatic heterocycles. The SMILES string of the molecule is CCC1COC(C)CN1Cc1ccccc1C(=N)N. The van der Waals surface area contributed by atoms with Gasteiger partial charge in [0.2, 0.25) is 0 Å². The van der Waals surface area contributed by atoms with Crippen LogP contribution in [0.15, 0.2) is 24.3 Å². The number of nitrogen functional groups attached to an aromatic ring is 1. The van der Waals surface area contributed by atoms with Crippen LogP contribution < -0.4 is 5.73 Å². The summed E-state index contributed by atoms with van der Waals surface area (Å²) in [7, 11) is 0. The Morgan fingerprint density at radius 2 is 2.21 bits per heavy atom. The molecule has 19 heavy (non-hydrogen) atoms. The van der Waals surface area contributed by atoms with E-state index in [0.717, 1.165) is 37.2 Å². The lowest BCUT2D eigenvalue weighted by Crippen LogP contribution is -2.48. The highest BCUT2D eigenvalue weighted by Crippen LogP contribution is 2.19. The van der Waals surface area contributed by atoms with E-state index in [4.69, 9.17) is 15.9 Å². The molecule has 1 aliphatic heterocycles. The molecule has 104 valence electrons. The summed E-state index contributed by atoms with van der Waals surface area (Å²) in [4.78, 5) is 2.44. The Balaban J connectivity index is 2.17. The molecule has 0 saturated carbocycles. The maximum Gasteiger partial charge on any atom is 0.123 e. The van der Waals surface area contributed by atoms with Crippen LogP contribution in [0, 0.1) is 5.41 Å². The summed E-state index contributed by atoms with van der Waals surface area (Å²) >= 11 is 0. The van der Waals surface area contributed by atoms with E-state index in [1.807, 2.05) is 18.2 Å². The fourth-order valence-electron chi connectivity index (χ4n) is 2.62. The third kappa shape index (κ3) is 3.33. The predicted molar refractivity (Wildman–Crippen MR) is 77.4 cm³/mol. The molecule has 2 atom stereocenters. The first-order valence-corrected chi connectivity index (χ1v) is 6.89. The van der Waals surface area contributed by atoms with Gasteiger partial charge in [0.1, 0.15) is 5.84 Å². The number of ether oxygens (including phenoxy) is 1. The van der Waals surface area contributed by atoms with Crippen LogP contribution in [0.1, 0.15) is 31.4 Å². The number of hydrogen-bond donors (Lipinski definition) is 2. The van der Waals surface area contributed by atoms with E-state index >= 15 is 0 Å². The predicted octanol–water partition coefficient (Wildman–Crippen LogP) is 1.97. The van der Waals surface area contributed by atoms with Crippen molar-refractivity contribution >= 4 is 5.84 Å². The number of hydrogen-bond acceptors (Lipinski definition) is 3. The van der Waals surface area contributed by atoms with Crippen molar-refractivity contribution in [2.45, 2.75) is 39.0 Å². The maximum atomic E-state index is 7.66. The molecule has 4 heteroatoms. The van der Waals surface area contributed by atoms with Gasteiger partial charge in [-0.2, -0.15) is 0 Å². The van der Waals surface area contributed by atoms with Gasteiger partial charge in [-0.3, -0.25) is 10.3 Å². The average molecular weight is 261 g/mol. The summed E-state index contributed by atoms with van der Waals surface area (Å²) in [6, 6.07) is 8.37. The molecule has 2 rings (SSSR count). The Kier molecular flexibility index (Phi) is 4.56. The summed E-state index contributed by atoms with van der Waals surface area (Å²) in [5, 5.41) is 7.66. The molecule has 1 heterocycles. The average Bonchev–Trinajstić information content (AvgIpc) is 2.39. The van der Waals surface area contributed by atoms with Gasteiger partial charge in [0.25, 0.3) is 0 Å². The largest absolute Gasteiger partial charge is 0.384 e. The van der Waals surface area contributed by atoms with E-state index in [9.17, 15) is 0 Å². The fraction of sp³-hybridized carbons (Fsp3) is 0.533. The molecule has 1 aliphatic rings. The van der Waals surface area contributed by atoms with Gasteiger partial charge >= 0.3 is 0 Å². The van der Waals surface area contributed by atoms with E-state index in [0.29, 0.717) is 6.04 Å². The third-order valence-corrected chi connectivity index (χ3v) is 3.73. The van der Waals surface area contributed by atoms with Crippen molar-refractivity contribution in [1.29, 1.82) is 5.41 Å². The van der Waals surface area contributed by atoms with Gasteiger partial charge in [0, 0.05) is 24.7 Å². The van der Waals surface area contributed by atoms with Crippen LogP contribution in [0.2, 0.25) is 0 Å². The highest BCUT2D eigenvalue weighted by molar-refractivity contribution is 5.96. The molecule has 3 N–H and O–H groups in total. The molecular weight excluding hydrogens is 238 g/mol. The van der Waals surface area contributed by atoms with Crippen LogP contribution in [0.25, 0.3) is 0 Å². The van der Waals surface area contributed by atoms with Crippen molar-refractivity contribution < 1.29 is 4.74 Å². The van der Waals surface area contributed by atoms with Crippen LogP contribution in [0.5, 0.6) is 0 Å². The minimum atomic E-state index is 0.143. The van der Waals surface area contributed by atoms with Gasteiger partial charge in [0.05, 0.1) is 12.7 Å². The van der Waals surface area contributed by atoms with E-state index < -0.39 is 0 Å². The Morgan fingerprint density at radius 1 is 1.47 bits per heavy atom. The summed E-state index contributed by atoms with van der Waals surface area (Å²) < 4.78 is 5.72. The van der Waals surface area contributed by atoms with Crippen LogP contribution in [0.4, 0.5) is 0 Å².